The van der Waals surface area contributed by atoms with Crippen molar-refractivity contribution in [2.24, 2.45) is 12.8 Å². The zero-order chi connectivity index (χ0) is 12.6. The quantitative estimate of drug-likeness (QED) is 0.863. The maximum absolute atomic E-state index is 5.86. The lowest BCUT2D eigenvalue weighted by atomic mass is 10.0. The van der Waals surface area contributed by atoms with Crippen LogP contribution in [0.2, 0.25) is 0 Å². The molecule has 0 fully saturated rings. The fourth-order valence-corrected chi connectivity index (χ4v) is 2.44. The van der Waals surface area contributed by atoms with E-state index >= 15 is 0 Å². The maximum atomic E-state index is 5.86. The summed E-state index contributed by atoms with van der Waals surface area (Å²) in [5.41, 5.74) is 11.3. The molecule has 0 saturated heterocycles. The van der Waals surface area contributed by atoms with E-state index in [-0.39, 0.29) is 6.04 Å². The molecule has 0 spiro atoms. The molecular formula is C15H22N2. The van der Waals surface area contributed by atoms with E-state index in [0.29, 0.717) is 0 Å². The van der Waals surface area contributed by atoms with Gasteiger partial charge in [-0.1, -0.05) is 12.1 Å². The van der Waals surface area contributed by atoms with Crippen molar-refractivity contribution in [1.82, 2.24) is 4.57 Å². The summed E-state index contributed by atoms with van der Waals surface area (Å²) in [6.07, 6.45) is 2.12. The van der Waals surface area contributed by atoms with Crippen LogP contribution in [0.3, 0.4) is 0 Å². The van der Waals surface area contributed by atoms with Crippen molar-refractivity contribution in [2.75, 3.05) is 0 Å². The summed E-state index contributed by atoms with van der Waals surface area (Å²) in [7, 11) is 2.15. The zero-order valence-electron chi connectivity index (χ0n) is 11.2. The largest absolute Gasteiger partial charge is 0.348 e. The van der Waals surface area contributed by atoms with Gasteiger partial charge in [-0.3, -0.25) is 0 Å². The van der Waals surface area contributed by atoms with Crippen molar-refractivity contribution in [2.45, 2.75) is 39.7 Å². The molecule has 1 atom stereocenters. The van der Waals surface area contributed by atoms with Crippen molar-refractivity contribution in [1.29, 1.82) is 0 Å². The van der Waals surface area contributed by atoms with Crippen LogP contribution in [0.1, 0.15) is 30.2 Å². The third-order valence-corrected chi connectivity index (χ3v) is 3.63. The molecule has 1 heterocycles. The monoisotopic (exact) mass is 230 g/mol. The predicted octanol–water partition coefficient (Wildman–Crippen LogP) is 3.07. The minimum atomic E-state index is 0.273. The Labute approximate surface area is 103 Å². The fraction of sp³-hybridized carbons (Fsp3) is 0.467. The first-order valence-electron chi connectivity index (χ1n) is 6.30. The smallest absolute Gasteiger partial charge is 0.0485 e. The van der Waals surface area contributed by atoms with Crippen LogP contribution in [0.15, 0.2) is 18.2 Å². The second-order valence-electron chi connectivity index (χ2n) is 5.16. The summed E-state index contributed by atoms with van der Waals surface area (Å²) >= 11 is 0. The Kier molecular flexibility index (Phi) is 3.25. The SMILES string of the molecule is Cc1ccc2c(CCC(C)N)c(C)n(C)c2c1. The molecule has 0 aliphatic carbocycles. The lowest BCUT2D eigenvalue weighted by molar-refractivity contribution is 0.664. The number of aryl methyl sites for hydroxylation is 3. The van der Waals surface area contributed by atoms with E-state index in [1.807, 2.05) is 0 Å². The highest BCUT2D eigenvalue weighted by Crippen LogP contribution is 2.27. The Morgan fingerprint density at radius 3 is 2.65 bits per heavy atom. The molecule has 17 heavy (non-hydrogen) atoms. The van der Waals surface area contributed by atoms with Crippen molar-refractivity contribution in [3.8, 4) is 0 Å². The molecule has 0 aliphatic heterocycles. The molecule has 1 aromatic heterocycles. The predicted molar refractivity (Wildman–Crippen MR) is 74.4 cm³/mol. The zero-order valence-corrected chi connectivity index (χ0v) is 11.2. The minimum absolute atomic E-state index is 0.273. The average molecular weight is 230 g/mol. The Balaban J connectivity index is 2.51. The van der Waals surface area contributed by atoms with E-state index in [4.69, 9.17) is 5.73 Å². The van der Waals surface area contributed by atoms with Gasteiger partial charge in [0.2, 0.25) is 0 Å². The number of hydrogen-bond donors (Lipinski definition) is 1. The van der Waals surface area contributed by atoms with Crippen molar-refractivity contribution in [3.05, 3.63) is 35.0 Å². The van der Waals surface area contributed by atoms with Gasteiger partial charge in [-0.2, -0.15) is 0 Å². The van der Waals surface area contributed by atoms with Crippen LogP contribution < -0.4 is 5.73 Å². The van der Waals surface area contributed by atoms with Crippen LogP contribution in [0.5, 0.6) is 0 Å². The Hall–Kier alpha value is -1.28. The van der Waals surface area contributed by atoms with E-state index < -0.39 is 0 Å². The molecule has 0 aliphatic rings. The Morgan fingerprint density at radius 1 is 1.29 bits per heavy atom. The normalized spacial score (nSPS) is 13.2. The highest BCUT2D eigenvalue weighted by atomic mass is 14.9. The molecule has 1 unspecified atom stereocenters. The van der Waals surface area contributed by atoms with E-state index in [2.05, 4.69) is 50.6 Å². The van der Waals surface area contributed by atoms with Gasteiger partial charge in [0.15, 0.2) is 0 Å². The van der Waals surface area contributed by atoms with Crippen molar-refractivity contribution >= 4 is 10.9 Å². The minimum Gasteiger partial charge on any atom is -0.348 e. The summed E-state index contributed by atoms with van der Waals surface area (Å²) in [5, 5.41) is 1.39. The van der Waals surface area contributed by atoms with Crippen molar-refractivity contribution < 1.29 is 0 Å². The van der Waals surface area contributed by atoms with Gasteiger partial charge < -0.3 is 10.3 Å². The van der Waals surface area contributed by atoms with Gasteiger partial charge in [0.1, 0.15) is 0 Å². The highest BCUT2D eigenvalue weighted by Gasteiger charge is 2.11. The van der Waals surface area contributed by atoms with Crippen LogP contribution in [0, 0.1) is 13.8 Å². The molecule has 0 amide bonds. The van der Waals surface area contributed by atoms with Gasteiger partial charge in [0, 0.05) is 29.7 Å². The van der Waals surface area contributed by atoms with Crippen LogP contribution in [0.25, 0.3) is 10.9 Å². The molecule has 2 aromatic rings. The highest BCUT2D eigenvalue weighted by molar-refractivity contribution is 5.86. The first-order valence-corrected chi connectivity index (χ1v) is 6.30. The third-order valence-electron chi connectivity index (χ3n) is 3.63. The van der Waals surface area contributed by atoms with Crippen LogP contribution in [-0.4, -0.2) is 10.6 Å². The molecule has 2 N–H and O–H groups in total. The fourth-order valence-electron chi connectivity index (χ4n) is 2.44. The second kappa shape index (κ2) is 4.53. The average Bonchev–Trinajstić information content (AvgIpc) is 2.50. The van der Waals surface area contributed by atoms with Crippen LogP contribution in [-0.2, 0) is 13.5 Å². The first kappa shape index (κ1) is 12.2. The molecule has 0 bridgehead atoms. The topological polar surface area (TPSA) is 30.9 Å². The van der Waals surface area contributed by atoms with Gasteiger partial charge in [-0.25, -0.2) is 0 Å². The molecule has 1 aromatic carbocycles. The Morgan fingerprint density at radius 2 is 2.00 bits per heavy atom. The number of hydrogen-bond acceptors (Lipinski definition) is 1. The number of rotatable bonds is 3. The number of fused-ring (bicyclic) bond motifs is 1. The summed E-state index contributed by atoms with van der Waals surface area (Å²) in [5.74, 6) is 0. The van der Waals surface area contributed by atoms with Gasteiger partial charge in [0.25, 0.3) is 0 Å². The van der Waals surface area contributed by atoms with E-state index in [0.717, 1.165) is 12.8 Å². The third kappa shape index (κ3) is 2.22. The lowest BCUT2D eigenvalue weighted by Crippen LogP contribution is -2.15. The standard InChI is InChI=1S/C15H22N2/c1-10-5-7-14-13(8-6-11(2)16)12(3)17(4)15(14)9-10/h5,7,9,11H,6,8,16H2,1-4H3. The van der Waals surface area contributed by atoms with E-state index in [1.54, 1.807) is 0 Å². The number of aromatic nitrogens is 1. The summed E-state index contributed by atoms with van der Waals surface area (Å²) in [4.78, 5) is 0. The number of benzene rings is 1. The summed E-state index contributed by atoms with van der Waals surface area (Å²) in [6.45, 7) is 6.42. The maximum Gasteiger partial charge on any atom is 0.0485 e. The van der Waals surface area contributed by atoms with Gasteiger partial charge >= 0.3 is 0 Å². The molecule has 2 rings (SSSR count). The molecule has 92 valence electrons. The molecule has 2 heteroatoms. The van der Waals surface area contributed by atoms with Gasteiger partial charge in [0.05, 0.1) is 0 Å². The first-order chi connectivity index (χ1) is 8.00. The second-order valence-corrected chi connectivity index (χ2v) is 5.16. The molecule has 0 saturated carbocycles. The summed E-state index contributed by atoms with van der Waals surface area (Å²) in [6, 6.07) is 6.97. The molecule has 0 radical (unpaired) electrons. The van der Waals surface area contributed by atoms with E-state index in [9.17, 15) is 0 Å². The number of nitrogens with two attached hydrogens (primary N) is 1. The Bertz CT molecular complexity index is 535. The van der Waals surface area contributed by atoms with Crippen LogP contribution in [0.4, 0.5) is 0 Å². The van der Waals surface area contributed by atoms with Crippen LogP contribution >= 0.6 is 0 Å². The van der Waals surface area contributed by atoms with Crippen molar-refractivity contribution in [3.63, 3.8) is 0 Å². The van der Waals surface area contributed by atoms with E-state index in [1.165, 1.54) is 27.7 Å². The van der Waals surface area contributed by atoms with Gasteiger partial charge in [-0.05, 0) is 50.8 Å². The molecular weight excluding hydrogens is 208 g/mol. The van der Waals surface area contributed by atoms with Gasteiger partial charge in [-0.15, -0.1) is 0 Å². The number of nitrogens with zero attached hydrogens (tertiary/aromatic N) is 1. The lowest BCUT2D eigenvalue weighted by Gasteiger charge is -2.05. The summed E-state index contributed by atoms with van der Waals surface area (Å²) < 4.78 is 2.29. The molecule has 2 nitrogen and oxygen atoms in total.